The van der Waals surface area contributed by atoms with E-state index in [4.69, 9.17) is 4.42 Å². The molecule has 0 fully saturated rings. The molecular weight excluding hydrogens is 400 g/mol. The third kappa shape index (κ3) is 4.77. The highest BCUT2D eigenvalue weighted by Crippen LogP contribution is 2.24. The molecule has 0 atom stereocenters. The smallest absolute Gasteiger partial charge is 0.277 e. The van der Waals surface area contributed by atoms with E-state index in [-0.39, 0.29) is 21.8 Å². The number of benzene rings is 2. The monoisotopic (exact) mass is 418 g/mol. The van der Waals surface area contributed by atoms with Crippen molar-refractivity contribution >= 4 is 33.4 Å². The predicted octanol–water partition coefficient (Wildman–Crippen LogP) is 2.68. The molecule has 0 unspecified atom stereocenters. The van der Waals surface area contributed by atoms with Gasteiger partial charge in [0.25, 0.3) is 5.22 Å². The van der Waals surface area contributed by atoms with Gasteiger partial charge >= 0.3 is 0 Å². The topological polar surface area (TPSA) is 114 Å². The maximum Gasteiger partial charge on any atom is 0.277 e. The van der Waals surface area contributed by atoms with Crippen LogP contribution in [-0.2, 0) is 14.8 Å². The standard InChI is InChI=1S/C18H18N4O4S2/c1-12-8-9-14(10-15(12)28(24,25)19-2)20-16(23)11-27-18-22-21-17(26-18)13-6-4-3-5-7-13/h3-10,19H,11H2,1-2H3,(H,20,23). The number of hydrogen-bond acceptors (Lipinski definition) is 7. The maximum absolute atomic E-state index is 12.2. The summed E-state index contributed by atoms with van der Waals surface area (Å²) in [5.41, 5.74) is 1.77. The zero-order valence-corrected chi connectivity index (χ0v) is 16.8. The van der Waals surface area contributed by atoms with E-state index in [9.17, 15) is 13.2 Å². The number of carbonyl (C=O) groups excluding carboxylic acids is 1. The summed E-state index contributed by atoms with van der Waals surface area (Å²) in [5, 5.41) is 10.8. The molecule has 0 spiro atoms. The molecule has 0 radical (unpaired) electrons. The van der Waals surface area contributed by atoms with Crippen molar-refractivity contribution in [1.82, 2.24) is 14.9 Å². The zero-order valence-electron chi connectivity index (χ0n) is 15.2. The number of carbonyl (C=O) groups is 1. The minimum absolute atomic E-state index is 0.0401. The third-order valence-corrected chi connectivity index (χ3v) is 6.16. The van der Waals surface area contributed by atoms with E-state index in [0.29, 0.717) is 17.1 Å². The second-order valence-electron chi connectivity index (χ2n) is 5.76. The van der Waals surface area contributed by atoms with Gasteiger partial charge in [-0.2, -0.15) is 0 Å². The summed E-state index contributed by atoms with van der Waals surface area (Å²) in [7, 11) is -2.27. The van der Waals surface area contributed by atoms with Crippen LogP contribution in [0.4, 0.5) is 5.69 Å². The highest BCUT2D eigenvalue weighted by Gasteiger charge is 2.16. The molecule has 0 aliphatic rings. The minimum Gasteiger partial charge on any atom is -0.411 e. The van der Waals surface area contributed by atoms with Crippen LogP contribution in [0.25, 0.3) is 11.5 Å². The van der Waals surface area contributed by atoms with Gasteiger partial charge in [0.15, 0.2) is 0 Å². The number of nitrogens with zero attached hydrogens (tertiary/aromatic N) is 2. The first-order chi connectivity index (χ1) is 13.4. The lowest BCUT2D eigenvalue weighted by Gasteiger charge is -2.10. The fourth-order valence-corrected chi connectivity index (χ4v) is 3.92. The average Bonchev–Trinajstić information content (AvgIpc) is 3.17. The minimum atomic E-state index is -3.61. The Bertz CT molecular complexity index is 1080. The molecule has 1 heterocycles. The molecule has 0 aliphatic heterocycles. The van der Waals surface area contributed by atoms with E-state index in [1.807, 2.05) is 30.3 Å². The van der Waals surface area contributed by atoms with Crippen molar-refractivity contribution < 1.29 is 17.6 Å². The fraction of sp³-hybridized carbons (Fsp3) is 0.167. The molecule has 2 aromatic carbocycles. The van der Waals surface area contributed by atoms with Crippen LogP contribution in [0.3, 0.4) is 0 Å². The molecule has 0 aliphatic carbocycles. The number of anilines is 1. The highest BCUT2D eigenvalue weighted by atomic mass is 32.2. The van der Waals surface area contributed by atoms with Crippen LogP contribution < -0.4 is 10.0 Å². The molecule has 3 aromatic rings. The lowest BCUT2D eigenvalue weighted by Crippen LogP contribution is -2.20. The number of amides is 1. The average molecular weight is 419 g/mol. The van der Waals surface area contributed by atoms with Crippen molar-refractivity contribution in [3.8, 4) is 11.5 Å². The predicted molar refractivity (Wildman–Crippen MR) is 107 cm³/mol. The van der Waals surface area contributed by atoms with Gasteiger partial charge in [-0.3, -0.25) is 4.79 Å². The van der Waals surface area contributed by atoms with Gasteiger partial charge in [-0.05, 0) is 43.8 Å². The van der Waals surface area contributed by atoms with Crippen LogP contribution >= 0.6 is 11.8 Å². The van der Waals surface area contributed by atoms with Gasteiger partial charge in [-0.15, -0.1) is 10.2 Å². The molecule has 0 saturated carbocycles. The van der Waals surface area contributed by atoms with Crippen LogP contribution in [0.15, 0.2) is 63.1 Å². The van der Waals surface area contributed by atoms with Gasteiger partial charge in [-0.1, -0.05) is 36.0 Å². The van der Waals surface area contributed by atoms with Crippen LogP contribution in [0.2, 0.25) is 0 Å². The van der Waals surface area contributed by atoms with Crippen LogP contribution in [0.1, 0.15) is 5.56 Å². The first-order valence-electron chi connectivity index (χ1n) is 8.25. The number of nitrogens with one attached hydrogen (secondary N) is 2. The van der Waals surface area contributed by atoms with E-state index in [1.54, 1.807) is 19.1 Å². The van der Waals surface area contributed by atoms with E-state index < -0.39 is 10.0 Å². The number of sulfonamides is 1. The molecule has 0 saturated heterocycles. The highest BCUT2D eigenvalue weighted by molar-refractivity contribution is 7.99. The Morgan fingerprint density at radius 1 is 1.14 bits per heavy atom. The number of hydrogen-bond donors (Lipinski definition) is 2. The van der Waals surface area contributed by atoms with Crippen molar-refractivity contribution in [3.05, 3.63) is 54.1 Å². The van der Waals surface area contributed by atoms with Crippen LogP contribution in [0, 0.1) is 6.92 Å². The molecule has 146 valence electrons. The number of aryl methyl sites for hydroxylation is 1. The molecule has 8 nitrogen and oxygen atoms in total. The Labute approximate surface area is 166 Å². The van der Waals surface area contributed by atoms with Gasteiger partial charge in [0, 0.05) is 11.3 Å². The molecule has 1 aromatic heterocycles. The number of rotatable bonds is 7. The van der Waals surface area contributed by atoms with Crippen LogP contribution in [-0.4, -0.2) is 37.3 Å². The largest absolute Gasteiger partial charge is 0.411 e. The summed E-state index contributed by atoms with van der Waals surface area (Å²) in [6.45, 7) is 1.69. The van der Waals surface area contributed by atoms with Gasteiger partial charge in [0.2, 0.25) is 21.8 Å². The van der Waals surface area contributed by atoms with Gasteiger partial charge < -0.3 is 9.73 Å². The maximum atomic E-state index is 12.2. The Kier molecular flexibility index (Phi) is 6.12. The van der Waals surface area contributed by atoms with Crippen LogP contribution in [0.5, 0.6) is 0 Å². The van der Waals surface area contributed by atoms with Crippen molar-refractivity contribution in [2.24, 2.45) is 0 Å². The van der Waals surface area contributed by atoms with E-state index in [0.717, 1.165) is 17.3 Å². The van der Waals surface area contributed by atoms with Crippen molar-refractivity contribution in [2.45, 2.75) is 17.0 Å². The summed E-state index contributed by atoms with van der Waals surface area (Å²) in [4.78, 5) is 12.3. The van der Waals surface area contributed by atoms with Gasteiger partial charge in [0.1, 0.15) is 0 Å². The summed E-state index contributed by atoms with van der Waals surface area (Å²) < 4.78 is 31.9. The van der Waals surface area contributed by atoms with E-state index in [1.165, 1.54) is 13.1 Å². The SMILES string of the molecule is CNS(=O)(=O)c1cc(NC(=O)CSc2nnc(-c3ccccc3)o2)ccc1C. The second kappa shape index (κ2) is 8.55. The fourth-order valence-electron chi connectivity index (χ4n) is 2.37. The Morgan fingerprint density at radius 3 is 2.61 bits per heavy atom. The Balaban J connectivity index is 1.62. The normalized spacial score (nSPS) is 11.4. The summed E-state index contributed by atoms with van der Waals surface area (Å²) >= 11 is 1.10. The Hall–Kier alpha value is -2.69. The molecule has 0 bridgehead atoms. The lowest BCUT2D eigenvalue weighted by molar-refractivity contribution is -0.113. The van der Waals surface area contributed by atoms with Crippen molar-refractivity contribution in [3.63, 3.8) is 0 Å². The number of thioether (sulfide) groups is 1. The first-order valence-corrected chi connectivity index (χ1v) is 10.7. The summed E-state index contributed by atoms with van der Waals surface area (Å²) in [6, 6.07) is 14.0. The lowest BCUT2D eigenvalue weighted by atomic mass is 10.2. The first kappa shape index (κ1) is 20.1. The molecule has 10 heteroatoms. The van der Waals surface area contributed by atoms with Crippen molar-refractivity contribution in [1.29, 1.82) is 0 Å². The molecule has 1 amide bonds. The van der Waals surface area contributed by atoms with Crippen molar-refractivity contribution in [2.75, 3.05) is 18.1 Å². The van der Waals surface area contributed by atoms with E-state index >= 15 is 0 Å². The number of aromatic nitrogens is 2. The third-order valence-electron chi connectivity index (χ3n) is 3.78. The summed E-state index contributed by atoms with van der Waals surface area (Å²) in [6.07, 6.45) is 0. The zero-order chi connectivity index (χ0) is 20.1. The van der Waals surface area contributed by atoms with E-state index in [2.05, 4.69) is 20.2 Å². The molecular formula is C18H18N4O4S2. The summed E-state index contributed by atoms with van der Waals surface area (Å²) in [5.74, 6) is 0.100. The molecule has 3 rings (SSSR count). The molecule has 2 N–H and O–H groups in total. The molecule has 28 heavy (non-hydrogen) atoms. The second-order valence-corrected chi connectivity index (χ2v) is 8.55. The Morgan fingerprint density at radius 2 is 1.89 bits per heavy atom. The van der Waals surface area contributed by atoms with Gasteiger partial charge in [0.05, 0.1) is 10.6 Å². The quantitative estimate of drug-likeness (QED) is 0.567. The van der Waals surface area contributed by atoms with Gasteiger partial charge in [-0.25, -0.2) is 13.1 Å².